The first-order valence-corrected chi connectivity index (χ1v) is 8.35. The SMILES string of the molecule is Clc1ccc2nc(CN3CCCCC3Cn3cncn3)cn2c1. The van der Waals surface area contributed by atoms with E-state index in [4.69, 9.17) is 16.6 Å². The monoisotopic (exact) mass is 330 g/mol. The van der Waals surface area contributed by atoms with Gasteiger partial charge < -0.3 is 4.40 Å². The van der Waals surface area contributed by atoms with Crippen LogP contribution in [0.15, 0.2) is 37.2 Å². The number of nitrogens with zero attached hydrogens (tertiary/aromatic N) is 6. The third-order valence-electron chi connectivity index (χ3n) is 4.44. The minimum Gasteiger partial charge on any atom is -0.305 e. The molecule has 1 atom stereocenters. The number of fused-ring (bicyclic) bond motifs is 1. The first-order valence-electron chi connectivity index (χ1n) is 7.97. The molecule has 0 amide bonds. The molecule has 7 heteroatoms. The molecule has 1 fully saturated rings. The van der Waals surface area contributed by atoms with E-state index >= 15 is 0 Å². The maximum atomic E-state index is 6.05. The molecule has 0 aliphatic carbocycles. The average Bonchev–Trinajstić information content (AvgIpc) is 3.18. The summed E-state index contributed by atoms with van der Waals surface area (Å²) in [6.45, 7) is 2.85. The normalized spacial score (nSPS) is 19.4. The van der Waals surface area contributed by atoms with Gasteiger partial charge in [-0.3, -0.25) is 9.58 Å². The smallest absolute Gasteiger partial charge is 0.137 e. The Balaban J connectivity index is 1.52. The van der Waals surface area contributed by atoms with Crippen molar-refractivity contribution < 1.29 is 0 Å². The van der Waals surface area contributed by atoms with Crippen molar-refractivity contribution in [1.82, 2.24) is 29.0 Å². The molecule has 4 heterocycles. The van der Waals surface area contributed by atoms with Crippen LogP contribution < -0.4 is 0 Å². The number of piperidine rings is 1. The fourth-order valence-corrected chi connectivity index (χ4v) is 3.49. The van der Waals surface area contributed by atoms with Crippen molar-refractivity contribution in [3.63, 3.8) is 0 Å². The summed E-state index contributed by atoms with van der Waals surface area (Å²) >= 11 is 6.05. The molecule has 0 radical (unpaired) electrons. The molecular formula is C16H19ClN6. The van der Waals surface area contributed by atoms with Crippen LogP contribution in [0.5, 0.6) is 0 Å². The highest BCUT2D eigenvalue weighted by Crippen LogP contribution is 2.21. The van der Waals surface area contributed by atoms with Gasteiger partial charge in [-0.05, 0) is 31.5 Å². The van der Waals surface area contributed by atoms with E-state index in [1.165, 1.54) is 19.3 Å². The second-order valence-corrected chi connectivity index (χ2v) is 6.52. The Kier molecular flexibility index (Phi) is 4.01. The molecule has 1 aliphatic heterocycles. The predicted octanol–water partition coefficient (Wildman–Crippen LogP) is 2.63. The maximum Gasteiger partial charge on any atom is 0.137 e. The zero-order valence-electron chi connectivity index (χ0n) is 12.8. The van der Waals surface area contributed by atoms with E-state index in [9.17, 15) is 0 Å². The molecule has 0 saturated carbocycles. The van der Waals surface area contributed by atoms with Gasteiger partial charge in [-0.25, -0.2) is 9.97 Å². The van der Waals surface area contributed by atoms with Crippen molar-refractivity contribution in [2.75, 3.05) is 6.54 Å². The fourth-order valence-electron chi connectivity index (χ4n) is 3.32. The second-order valence-electron chi connectivity index (χ2n) is 6.08. The number of hydrogen-bond donors (Lipinski definition) is 0. The molecule has 4 rings (SSSR count). The number of hydrogen-bond acceptors (Lipinski definition) is 4. The summed E-state index contributed by atoms with van der Waals surface area (Å²) in [5, 5.41) is 4.97. The Morgan fingerprint density at radius 1 is 1.22 bits per heavy atom. The maximum absolute atomic E-state index is 6.05. The zero-order valence-corrected chi connectivity index (χ0v) is 13.6. The van der Waals surface area contributed by atoms with E-state index in [1.807, 2.05) is 27.4 Å². The molecule has 120 valence electrons. The van der Waals surface area contributed by atoms with Gasteiger partial charge in [0.15, 0.2) is 0 Å². The van der Waals surface area contributed by atoms with E-state index < -0.39 is 0 Å². The van der Waals surface area contributed by atoms with Gasteiger partial charge in [-0.15, -0.1) is 0 Å². The van der Waals surface area contributed by atoms with Crippen LogP contribution >= 0.6 is 11.6 Å². The third-order valence-corrected chi connectivity index (χ3v) is 4.67. The molecule has 3 aromatic heterocycles. The number of likely N-dealkylation sites (tertiary alicyclic amines) is 1. The summed E-state index contributed by atoms with van der Waals surface area (Å²) in [6.07, 6.45) is 11.1. The molecule has 0 bridgehead atoms. The molecule has 0 aromatic carbocycles. The highest BCUT2D eigenvalue weighted by atomic mass is 35.5. The molecule has 1 unspecified atom stereocenters. The summed E-state index contributed by atoms with van der Waals surface area (Å²) in [6, 6.07) is 4.32. The van der Waals surface area contributed by atoms with Crippen molar-refractivity contribution >= 4 is 17.2 Å². The minimum atomic E-state index is 0.485. The summed E-state index contributed by atoms with van der Waals surface area (Å²) < 4.78 is 3.92. The summed E-state index contributed by atoms with van der Waals surface area (Å²) in [5.41, 5.74) is 2.02. The van der Waals surface area contributed by atoms with Crippen LogP contribution in [0.4, 0.5) is 0 Å². The molecule has 3 aromatic rings. The number of aromatic nitrogens is 5. The van der Waals surface area contributed by atoms with Crippen molar-refractivity contribution in [3.05, 3.63) is 47.9 Å². The predicted molar refractivity (Wildman–Crippen MR) is 88.3 cm³/mol. The molecule has 6 nitrogen and oxygen atoms in total. The minimum absolute atomic E-state index is 0.485. The van der Waals surface area contributed by atoms with Gasteiger partial charge in [0.2, 0.25) is 0 Å². The Morgan fingerprint density at radius 2 is 2.17 bits per heavy atom. The number of rotatable bonds is 4. The number of halogens is 1. The van der Waals surface area contributed by atoms with Gasteiger partial charge in [0.1, 0.15) is 18.3 Å². The van der Waals surface area contributed by atoms with Crippen molar-refractivity contribution in [3.8, 4) is 0 Å². The molecule has 1 saturated heterocycles. The van der Waals surface area contributed by atoms with Crippen LogP contribution in [0, 0.1) is 0 Å². The van der Waals surface area contributed by atoms with Crippen LogP contribution in [0.25, 0.3) is 5.65 Å². The lowest BCUT2D eigenvalue weighted by Gasteiger charge is -2.35. The molecule has 23 heavy (non-hydrogen) atoms. The van der Waals surface area contributed by atoms with E-state index in [0.29, 0.717) is 6.04 Å². The molecule has 1 aliphatic rings. The zero-order chi connectivity index (χ0) is 15.6. The van der Waals surface area contributed by atoms with Crippen LogP contribution in [0.3, 0.4) is 0 Å². The molecule has 0 N–H and O–H groups in total. The lowest BCUT2D eigenvalue weighted by Crippen LogP contribution is -2.41. The van der Waals surface area contributed by atoms with E-state index in [2.05, 4.69) is 21.2 Å². The quantitative estimate of drug-likeness (QED) is 0.738. The van der Waals surface area contributed by atoms with E-state index in [-0.39, 0.29) is 0 Å². The summed E-state index contributed by atoms with van der Waals surface area (Å²) in [4.78, 5) is 11.3. The Hall–Kier alpha value is -1.92. The Bertz CT molecular complexity index is 781. The molecule has 0 spiro atoms. The first-order chi connectivity index (χ1) is 11.3. The Labute approximate surface area is 139 Å². The van der Waals surface area contributed by atoms with Crippen LogP contribution in [-0.4, -0.2) is 41.6 Å². The lowest BCUT2D eigenvalue weighted by atomic mass is 10.0. The average molecular weight is 331 g/mol. The third kappa shape index (κ3) is 3.23. The summed E-state index contributed by atoms with van der Waals surface area (Å²) in [7, 11) is 0. The van der Waals surface area contributed by atoms with Crippen LogP contribution in [0.2, 0.25) is 5.02 Å². The van der Waals surface area contributed by atoms with Crippen molar-refractivity contribution in [1.29, 1.82) is 0 Å². The van der Waals surface area contributed by atoms with Gasteiger partial charge in [0.05, 0.1) is 17.3 Å². The van der Waals surface area contributed by atoms with Gasteiger partial charge in [-0.2, -0.15) is 5.10 Å². The Morgan fingerprint density at radius 3 is 3.04 bits per heavy atom. The fraction of sp³-hybridized carbons (Fsp3) is 0.438. The van der Waals surface area contributed by atoms with E-state index in [0.717, 1.165) is 36.0 Å². The lowest BCUT2D eigenvalue weighted by molar-refractivity contribution is 0.120. The van der Waals surface area contributed by atoms with Gasteiger partial charge in [0.25, 0.3) is 0 Å². The van der Waals surface area contributed by atoms with Crippen LogP contribution in [0.1, 0.15) is 25.0 Å². The highest BCUT2D eigenvalue weighted by molar-refractivity contribution is 6.30. The van der Waals surface area contributed by atoms with Gasteiger partial charge in [0, 0.05) is 25.0 Å². The van der Waals surface area contributed by atoms with Gasteiger partial charge in [-0.1, -0.05) is 18.0 Å². The van der Waals surface area contributed by atoms with Crippen LogP contribution in [-0.2, 0) is 13.1 Å². The second kappa shape index (κ2) is 6.29. The molecular weight excluding hydrogens is 312 g/mol. The topological polar surface area (TPSA) is 51.2 Å². The number of pyridine rings is 1. The largest absolute Gasteiger partial charge is 0.305 e. The van der Waals surface area contributed by atoms with Gasteiger partial charge >= 0.3 is 0 Å². The highest BCUT2D eigenvalue weighted by Gasteiger charge is 2.23. The first kappa shape index (κ1) is 14.7. The standard InChI is InChI=1S/C16H19ClN6/c17-13-4-5-16-20-14(9-22(16)7-13)8-21-6-2-1-3-15(21)10-23-12-18-11-19-23/h4-5,7,9,11-12,15H,1-3,6,8,10H2. The van der Waals surface area contributed by atoms with E-state index in [1.54, 1.807) is 12.7 Å². The van der Waals surface area contributed by atoms with Crippen molar-refractivity contribution in [2.45, 2.75) is 38.4 Å². The summed E-state index contributed by atoms with van der Waals surface area (Å²) in [5.74, 6) is 0. The van der Waals surface area contributed by atoms with Crippen molar-refractivity contribution in [2.24, 2.45) is 0 Å². The number of imidazole rings is 1.